The van der Waals surface area contributed by atoms with Crippen LogP contribution in [0.15, 0.2) is 48.6 Å². The molecule has 6 heteroatoms. The number of aliphatic hydroxyl groups is 2. The van der Waals surface area contributed by atoms with Crippen molar-refractivity contribution in [2.75, 3.05) is 13.2 Å². The van der Waals surface area contributed by atoms with Gasteiger partial charge in [-0.2, -0.15) is 0 Å². The Morgan fingerprint density at radius 2 is 0.595 bits per heavy atom. The first-order valence-corrected chi connectivity index (χ1v) is 37.9. The molecule has 0 aromatic heterocycles. The average molecular weight is 1180 g/mol. The summed E-state index contributed by atoms with van der Waals surface area (Å²) in [5.74, 6) is -0.0500. The van der Waals surface area contributed by atoms with Gasteiger partial charge in [-0.3, -0.25) is 9.59 Å². The summed E-state index contributed by atoms with van der Waals surface area (Å²) in [4.78, 5) is 24.6. The third-order valence-corrected chi connectivity index (χ3v) is 17.6. The lowest BCUT2D eigenvalue weighted by molar-refractivity contribution is -0.143. The van der Waals surface area contributed by atoms with Gasteiger partial charge in [-0.15, -0.1) is 0 Å². The fourth-order valence-electron chi connectivity index (χ4n) is 11.8. The van der Waals surface area contributed by atoms with Crippen molar-refractivity contribution in [3.8, 4) is 0 Å². The summed E-state index contributed by atoms with van der Waals surface area (Å²) >= 11 is 0. The van der Waals surface area contributed by atoms with Crippen LogP contribution in [-0.2, 0) is 14.3 Å². The average Bonchev–Trinajstić information content (AvgIpc) is 3.53. The largest absolute Gasteiger partial charge is 0.466 e. The summed E-state index contributed by atoms with van der Waals surface area (Å²) in [6.07, 6.45) is 96.5. The lowest BCUT2D eigenvalue weighted by Gasteiger charge is -2.20. The maximum absolute atomic E-state index is 12.5. The zero-order valence-electron chi connectivity index (χ0n) is 56.6. The molecule has 3 N–H and O–H groups in total. The number of carbonyl (C=O) groups is 2. The highest BCUT2D eigenvalue weighted by Crippen LogP contribution is 2.19. The van der Waals surface area contributed by atoms with Gasteiger partial charge in [0, 0.05) is 12.8 Å². The highest BCUT2D eigenvalue weighted by atomic mass is 16.5. The Kier molecular flexibility index (Phi) is 71.4. The van der Waals surface area contributed by atoms with Gasteiger partial charge in [0.2, 0.25) is 5.91 Å². The SMILES string of the molecule is CCCCCCCC/C=C\CCCCCCCCCC(=O)OCCCCCCCCCCCCC/C=C\C/C=C\CCCCCCCCCCCCCCCCCCCC(=O)NC(CO)C(O)/C=C/CCCCCCCCCCCCCCC. The van der Waals surface area contributed by atoms with E-state index < -0.39 is 12.1 Å². The van der Waals surface area contributed by atoms with Crippen LogP contribution in [0.25, 0.3) is 0 Å². The Bertz CT molecular complexity index is 1400. The van der Waals surface area contributed by atoms with Crippen LogP contribution in [0.3, 0.4) is 0 Å². The van der Waals surface area contributed by atoms with Crippen molar-refractivity contribution < 1.29 is 24.5 Å². The molecule has 0 saturated carbocycles. The van der Waals surface area contributed by atoms with Crippen molar-refractivity contribution in [2.45, 2.75) is 424 Å². The third-order valence-electron chi connectivity index (χ3n) is 17.6. The van der Waals surface area contributed by atoms with Crippen molar-refractivity contribution >= 4 is 11.9 Å². The molecule has 0 saturated heterocycles. The highest BCUT2D eigenvalue weighted by molar-refractivity contribution is 5.76. The molecule has 6 nitrogen and oxygen atoms in total. The fourth-order valence-corrected chi connectivity index (χ4v) is 11.8. The minimum atomic E-state index is -0.843. The predicted molar refractivity (Wildman–Crippen MR) is 370 cm³/mol. The molecule has 2 unspecified atom stereocenters. The van der Waals surface area contributed by atoms with Crippen LogP contribution in [-0.4, -0.2) is 47.4 Å². The van der Waals surface area contributed by atoms with Crippen LogP contribution < -0.4 is 5.32 Å². The van der Waals surface area contributed by atoms with E-state index in [1.165, 1.54) is 334 Å². The number of unbranched alkanes of at least 4 members (excludes halogenated alkanes) is 54. The number of hydrogen-bond acceptors (Lipinski definition) is 5. The van der Waals surface area contributed by atoms with Crippen molar-refractivity contribution in [2.24, 2.45) is 0 Å². The van der Waals surface area contributed by atoms with Crippen molar-refractivity contribution in [3.05, 3.63) is 48.6 Å². The van der Waals surface area contributed by atoms with Gasteiger partial charge in [0.25, 0.3) is 0 Å². The first kappa shape index (κ1) is 81.8. The minimum absolute atomic E-state index is 0.0135. The van der Waals surface area contributed by atoms with Crippen LogP contribution in [0.5, 0.6) is 0 Å². The van der Waals surface area contributed by atoms with E-state index in [1.54, 1.807) is 6.08 Å². The summed E-state index contributed by atoms with van der Waals surface area (Å²) in [6, 6.07) is -0.626. The molecule has 0 heterocycles. The molecule has 0 aliphatic carbocycles. The molecule has 1 amide bonds. The third kappa shape index (κ3) is 68.9. The summed E-state index contributed by atoms with van der Waals surface area (Å²) in [7, 11) is 0. The van der Waals surface area contributed by atoms with Crippen LogP contribution in [0, 0.1) is 0 Å². The number of amides is 1. The van der Waals surface area contributed by atoms with Crippen LogP contribution >= 0.6 is 0 Å². The first-order chi connectivity index (χ1) is 41.5. The van der Waals surface area contributed by atoms with Crippen molar-refractivity contribution in [1.82, 2.24) is 5.32 Å². The standard InChI is InChI=1S/C78H147NO5/c1-3-5-7-9-11-13-15-17-19-39-44-48-52-56-60-64-68-72-78(83)84-73-69-65-61-57-53-49-45-41-38-36-34-32-30-28-26-24-22-20-21-23-25-27-29-31-33-35-37-40-43-47-51-55-59-63-67-71-77(82)79-75(74-80)76(81)70-66-62-58-54-50-46-42-18-16-14-12-10-8-6-4-2/h17,19,22,24,28,30,66,70,75-76,80-81H,3-16,18,20-21,23,25-27,29,31-65,67-69,71-74H2,1-2H3,(H,79,82)/b19-17-,24-22-,30-28-,70-66+. The summed E-state index contributed by atoms with van der Waals surface area (Å²) in [5.41, 5.74) is 0. The number of carbonyl (C=O) groups excluding carboxylic acids is 2. The molecule has 494 valence electrons. The fraction of sp³-hybridized carbons (Fsp3) is 0.872. The van der Waals surface area contributed by atoms with Gasteiger partial charge in [0.1, 0.15) is 0 Å². The Balaban J connectivity index is 3.38. The second-order valence-corrected chi connectivity index (χ2v) is 26.0. The minimum Gasteiger partial charge on any atom is -0.466 e. The van der Waals surface area contributed by atoms with Crippen molar-refractivity contribution in [1.29, 1.82) is 0 Å². The van der Waals surface area contributed by atoms with E-state index in [4.69, 9.17) is 4.74 Å². The van der Waals surface area contributed by atoms with Crippen LogP contribution in [0.4, 0.5) is 0 Å². The smallest absolute Gasteiger partial charge is 0.305 e. The lowest BCUT2D eigenvalue weighted by Crippen LogP contribution is -2.45. The molecular weight excluding hydrogens is 1030 g/mol. The molecule has 0 aliphatic heterocycles. The van der Waals surface area contributed by atoms with Gasteiger partial charge in [0.15, 0.2) is 0 Å². The van der Waals surface area contributed by atoms with E-state index in [0.717, 1.165) is 51.4 Å². The zero-order valence-corrected chi connectivity index (χ0v) is 56.6. The lowest BCUT2D eigenvalue weighted by atomic mass is 10.0. The van der Waals surface area contributed by atoms with E-state index in [9.17, 15) is 19.8 Å². The molecule has 0 aromatic rings. The summed E-state index contributed by atoms with van der Waals surface area (Å²) in [6.45, 7) is 4.93. The van der Waals surface area contributed by atoms with E-state index in [-0.39, 0.29) is 18.5 Å². The monoisotopic (exact) mass is 1180 g/mol. The number of esters is 1. The molecule has 0 spiro atoms. The normalized spacial score (nSPS) is 12.8. The maximum Gasteiger partial charge on any atom is 0.305 e. The van der Waals surface area contributed by atoms with E-state index in [0.29, 0.717) is 19.4 Å². The van der Waals surface area contributed by atoms with E-state index >= 15 is 0 Å². The molecule has 0 bridgehead atoms. The predicted octanol–water partition coefficient (Wildman–Crippen LogP) is 24.8. The number of nitrogens with one attached hydrogen (secondary N) is 1. The van der Waals surface area contributed by atoms with Gasteiger partial charge < -0.3 is 20.3 Å². The number of rotatable bonds is 71. The number of ether oxygens (including phenoxy) is 1. The van der Waals surface area contributed by atoms with Crippen LogP contribution in [0.2, 0.25) is 0 Å². The topological polar surface area (TPSA) is 95.9 Å². The molecule has 84 heavy (non-hydrogen) atoms. The van der Waals surface area contributed by atoms with Gasteiger partial charge in [-0.05, 0) is 89.9 Å². The first-order valence-electron chi connectivity index (χ1n) is 37.9. The zero-order chi connectivity index (χ0) is 60.6. The second-order valence-electron chi connectivity index (χ2n) is 26.0. The molecule has 0 fully saturated rings. The van der Waals surface area contributed by atoms with E-state index in [1.807, 2.05) is 6.08 Å². The summed E-state index contributed by atoms with van der Waals surface area (Å²) in [5, 5.41) is 23.2. The highest BCUT2D eigenvalue weighted by Gasteiger charge is 2.18. The Hall–Kier alpha value is -2.18. The molecule has 0 radical (unpaired) electrons. The van der Waals surface area contributed by atoms with Gasteiger partial charge in [0.05, 0.1) is 25.4 Å². The Labute approximate surface area is 525 Å². The quantitative estimate of drug-likeness (QED) is 0.0320. The number of aliphatic hydroxyl groups excluding tert-OH is 2. The molecule has 0 aliphatic rings. The Morgan fingerprint density at radius 3 is 0.917 bits per heavy atom. The maximum atomic E-state index is 12.5. The van der Waals surface area contributed by atoms with Crippen molar-refractivity contribution in [3.63, 3.8) is 0 Å². The molecular formula is C78H147NO5. The van der Waals surface area contributed by atoms with Gasteiger partial charge >= 0.3 is 5.97 Å². The van der Waals surface area contributed by atoms with Crippen LogP contribution in [0.1, 0.15) is 412 Å². The molecule has 0 aromatic carbocycles. The molecule has 2 atom stereocenters. The number of allylic oxidation sites excluding steroid dienone is 7. The van der Waals surface area contributed by atoms with Gasteiger partial charge in [-0.1, -0.05) is 358 Å². The van der Waals surface area contributed by atoms with E-state index in [2.05, 4.69) is 55.6 Å². The summed E-state index contributed by atoms with van der Waals surface area (Å²) < 4.78 is 5.50. The second kappa shape index (κ2) is 73.3. The molecule has 0 rings (SSSR count). The van der Waals surface area contributed by atoms with Gasteiger partial charge in [-0.25, -0.2) is 0 Å². The number of hydrogen-bond donors (Lipinski definition) is 3. The Morgan fingerprint density at radius 1 is 0.333 bits per heavy atom.